The predicted octanol–water partition coefficient (Wildman–Crippen LogP) is 1.72. The highest BCUT2D eigenvalue weighted by Crippen LogP contribution is 2.53. The molecule has 0 aromatic heterocycles. The van der Waals surface area contributed by atoms with Crippen LogP contribution in [0, 0.1) is 17.3 Å². The molecule has 0 aromatic carbocycles. The monoisotopic (exact) mass is 208 g/mol. The van der Waals surface area contributed by atoms with E-state index in [1.807, 2.05) is 0 Å². The largest absolute Gasteiger partial charge is 0.316 e. The molecule has 3 fully saturated rings. The summed E-state index contributed by atoms with van der Waals surface area (Å²) < 4.78 is 0. The third-order valence-corrected chi connectivity index (χ3v) is 4.99. The molecule has 0 radical (unpaired) electrons. The van der Waals surface area contributed by atoms with E-state index in [1.165, 1.54) is 58.3 Å². The highest BCUT2D eigenvalue weighted by molar-refractivity contribution is 5.00. The van der Waals surface area contributed by atoms with Crippen LogP contribution in [0.25, 0.3) is 0 Å². The summed E-state index contributed by atoms with van der Waals surface area (Å²) in [4.78, 5) is 2.49. The molecule has 86 valence electrons. The third kappa shape index (κ3) is 2.07. The van der Waals surface area contributed by atoms with Crippen LogP contribution in [0.4, 0.5) is 0 Å². The van der Waals surface area contributed by atoms with Crippen molar-refractivity contribution in [1.82, 2.24) is 10.2 Å². The summed E-state index contributed by atoms with van der Waals surface area (Å²) in [5.41, 5.74) is 0.770. The molecule has 1 unspecified atom stereocenters. The van der Waals surface area contributed by atoms with Crippen molar-refractivity contribution in [3.8, 4) is 0 Å². The van der Waals surface area contributed by atoms with Crippen molar-refractivity contribution < 1.29 is 0 Å². The minimum absolute atomic E-state index is 0.770. The highest BCUT2D eigenvalue weighted by Gasteiger charge is 2.47. The Morgan fingerprint density at radius 2 is 1.87 bits per heavy atom. The fourth-order valence-electron chi connectivity index (χ4n) is 3.61. The first-order valence-electron chi connectivity index (χ1n) is 6.67. The van der Waals surface area contributed by atoms with Gasteiger partial charge in [0.05, 0.1) is 0 Å². The average Bonchev–Trinajstić information content (AvgIpc) is 2.99. The molecule has 0 amide bonds. The first-order valence-corrected chi connectivity index (χ1v) is 6.67. The van der Waals surface area contributed by atoms with Crippen LogP contribution in [0.2, 0.25) is 0 Å². The fraction of sp³-hybridized carbons (Fsp3) is 1.00. The van der Waals surface area contributed by atoms with E-state index in [4.69, 9.17) is 0 Å². The van der Waals surface area contributed by atoms with Gasteiger partial charge in [-0.2, -0.15) is 0 Å². The van der Waals surface area contributed by atoms with E-state index in [2.05, 4.69) is 17.3 Å². The summed E-state index contributed by atoms with van der Waals surface area (Å²) >= 11 is 0. The Bertz CT molecular complexity index is 227. The van der Waals surface area contributed by atoms with Crippen molar-refractivity contribution in [2.45, 2.75) is 32.1 Å². The summed E-state index contributed by atoms with van der Waals surface area (Å²) in [6.45, 7) is 5.27. The van der Waals surface area contributed by atoms with Crippen LogP contribution < -0.4 is 5.32 Å². The van der Waals surface area contributed by atoms with Gasteiger partial charge in [-0.25, -0.2) is 0 Å². The Balaban J connectivity index is 1.57. The molecule has 1 aliphatic carbocycles. The maximum atomic E-state index is 3.68. The number of piperidine rings is 2. The van der Waals surface area contributed by atoms with Crippen molar-refractivity contribution in [3.05, 3.63) is 0 Å². The van der Waals surface area contributed by atoms with E-state index in [1.54, 1.807) is 0 Å². The van der Waals surface area contributed by atoms with Gasteiger partial charge in [0.1, 0.15) is 0 Å². The van der Waals surface area contributed by atoms with Crippen molar-refractivity contribution in [3.63, 3.8) is 0 Å². The lowest BCUT2D eigenvalue weighted by molar-refractivity contribution is 0.127. The normalized spacial score (nSPS) is 37.0. The maximum absolute atomic E-state index is 3.68. The van der Waals surface area contributed by atoms with Gasteiger partial charge in [0.25, 0.3) is 0 Å². The van der Waals surface area contributed by atoms with E-state index < -0.39 is 0 Å². The molecule has 2 saturated heterocycles. The third-order valence-electron chi connectivity index (χ3n) is 4.99. The lowest BCUT2D eigenvalue weighted by Gasteiger charge is -2.39. The van der Waals surface area contributed by atoms with Crippen LogP contribution in [0.5, 0.6) is 0 Å². The second-order valence-electron chi connectivity index (χ2n) is 6.24. The molecule has 0 aromatic rings. The van der Waals surface area contributed by atoms with Gasteiger partial charge in [-0.05, 0) is 76.0 Å². The van der Waals surface area contributed by atoms with Crippen molar-refractivity contribution in [2.75, 3.05) is 33.2 Å². The number of hydrogen-bond donors (Lipinski definition) is 1. The Morgan fingerprint density at radius 1 is 1.13 bits per heavy atom. The molecule has 0 bridgehead atoms. The van der Waals surface area contributed by atoms with Crippen LogP contribution in [-0.4, -0.2) is 38.1 Å². The standard InChI is InChI=1S/C13H24N2/c1-15-6-2-11(3-7-15)12-8-13(4-5-13)10-14-9-12/h11-12,14H,2-10H2,1H3. The van der Waals surface area contributed by atoms with Gasteiger partial charge in [-0.1, -0.05) is 0 Å². The number of nitrogens with one attached hydrogen (secondary N) is 1. The Labute approximate surface area is 93.4 Å². The summed E-state index contributed by atoms with van der Waals surface area (Å²) in [5.74, 6) is 2.02. The van der Waals surface area contributed by atoms with Crippen LogP contribution in [0.3, 0.4) is 0 Å². The quantitative estimate of drug-likeness (QED) is 0.706. The maximum Gasteiger partial charge on any atom is 0.000804 e. The van der Waals surface area contributed by atoms with Gasteiger partial charge in [0, 0.05) is 6.54 Å². The molecule has 1 atom stereocenters. The van der Waals surface area contributed by atoms with E-state index in [9.17, 15) is 0 Å². The molecule has 3 aliphatic rings. The fourth-order valence-corrected chi connectivity index (χ4v) is 3.61. The van der Waals surface area contributed by atoms with E-state index in [0.717, 1.165) is 17.3 Å². The van der Waals surface area contributed by atoms with E-state index in [-0.39, 0.29) is 0 Å². The molecule has 2 aliphatic heterocycles. The summed E-state index contributed by atoms with van der Waals surface area (Å²) in [6.07, 6.45) is 7.43. The number of likely N-dealkylation sites (tertiary alicyclic amines) is 1. The zero-order valence-electron chi connectivity index (χ0n) is 9.97. The van der Waals surface area contributed by atoms with Gasteiger partial charge in [0.2, 0.25) is 0 Å². The summed E-state index contributed by atoms with van der Waals surface area (Å²) in [7, 11) is 2.26. The van der Waals surface area contributed by atoms with Gasteiger partial charge in [-0.15, -0.1) is 0 Å². The second-order valence-corrected chi connectivity index (χ2v) is 6.24. The first kappa shape index (κ1) is 10.1. The van der Waals surface area contributed by atoms with Gasteiger partial charge < -0.3 is 10.2 Å². The highest BCUT2D eigenvalue weighted by atomic mass is 15.1. The van der Waals surface area contributed by atoms with Crippen molar-refractivity contribution in [2.24, 2.45) is 17.3 Å². The molecule has 2 nitrogen and oxygen atoms in total. The minimum atomic E-state index is 0.770. The van der Waals surface area contributed by atoms with Gasteiger partial charge in [-0.3, -0.25) is 0 Å². The number of rotatable bonds is 1. The molecule has 2 heteroatoms. The lowest BCUT2D eigenvalue weighted by atomic mass is 9.76. The van der Waals surface area contributed by atoms with Crippen LogP contribution in [0.15, 0.2) is 0 Å². The molecule has 15 heavy (non-hydrogen) atoms. The Kier molecular flexibility index (Phi) is 2.52. The molecule has 3 rings (SSSR count). The van der Waals surface area contributed by atoms with Crippen LogP contribution >= 0.6 is 0 Å². The van der Waals surface area contributed by atoms with E-state index >= 15 is 0 Å². The van der Waals surface area contributed by atoms with Crippen LogP contribution in [0.1, 0.15) is 32.1 Å². The van der Waals surface area contributed by atoms with Gasteiger partial charge >= 0.3 is 0 Å². The predicted molar refractivity (Wildman–Crippen MR) is 62.9 cm³/mol. The summed E-state index contributed by atoms with van der Waals surface area (Å²) in [6, 6.07) is 0. The summed E-state index contributed by atoms with van der Waals surface area (Å²) in [5, 5.41) is 3.68. The van der Waals surface area contributed by atoms with Crippen molar-refractivity contribution in [1.29, 1.82) is 0 Å². The Morgan fingerprint density at radius 3 is 2.53 bits per heavy atom. The minimum Gasteiger partial charge on any atom is -0.316 e. The van der Waals surface area contributed by atoms with E-state index in [0.29, 0.717) is 0 Å². The number of hydrogen-bond acceptors (Lipinski definition) is 2. The molecular weight excluding hydrogens is 184 g/mol. The smallest absolute Gasteiger partial charge is 0.000804 e. The lowest BCUT2D eigenvalue weighted by Crippen LogP contribution is -2.43. The molecule has 1 N–H and O–H groups in total. The zero-order valence-corrected chi connectivity index (χ0v) is 9.97. The SMILES string of the molecule is CN1CCC(C2CNCC3(CC3)C2)CC1. The van der Waals surface area contributed by atoms with Gasteiger partial charge in [0.15, 0.2) is 0 Å². The second kappa shape index (κ2) is 3.74. The first-order chi connectivity index (χ1) is 7.27. The molecule has 1 saturated carbocycles. The molecular formula is C13H24N2. The van der Waals surface area contributed by atoms with Crippen LogP contribution in [-0.2, 0) is 0 Å². The number of nitrogens with zero attached hydrogens (tertiary/aromatic N) is 1. The topological polar surface area (TPSA) is 15.3 Å². The average molecular weight is 208 g/mol. The molecule has 1 spiro atoms. The zero-order chi connectivity index (χ0) is 10.3. The Hall–Kier alpha value is -0.0800. The molecule has 2 heterocycles. The van der Waals surface area contributed by atoms with Crippen molar-refractivity contribution >= 4 is 0 Å².